The molecule has 2 rings (SSSR count). The Morgan fingerprint density at radius 3 is 2.95 bits per heavy atom. The minimum Gasteiger partial charge on any atom is -0.507 e. The SMILES string of the molecule is Cc1cc(Cl)cc(CNc2cnn(CCO)c2)c1O. The van der Waals surface area contributed by atoms with Gasteiger partial charge in [0.15, 0.2) is 0 Å². The van der Waals surface area contributed by atoms with Gasteiger partial charge in [0.1, 0.15) is 5.75 Å². The molecule has 0 fully saturated rings. The molecule has 1 aromatic carbocycles. The number of aromatic nitrogens is 2. The van der Waals surface area contributed by atoms with Gasteiger partial charge in [0.2, 0.25) is 0 Å². The van der Waals surface area contributed by atoms with E-state index < -0.39 is 0 Å². The largest absolute Gasteiger partial charge is 0.507 e. The van der Waals surface area contributed by atoms with Crippen molar-refractivity contribution in [3.63, 3.8) is 0 Å². The van der Waals surface area contributed by atoms with Gasteiger partial charge in [0.25, 0.3) is 0 Å². The minimum absolute atomic E-state index is 0.0510. The Bertz CT molecular complexity index is 569. The number of aliphatic hydroxyl groups is 1. The summed E-state index contributed by atoms with van der Waals surface area (Å²) in [4.78, 5) is 0. The van der Waals surface area contributed by atoms with Crippen LogP contribution >= 0.6 is 11.6 Å². The zero-order valence-corrected chi connectivity index (χ0v) is 11.4. The number of hydrogen-bond acceptors (Lipinski definition) is 4. The lowest BCUT2D eigenvalue weighted by Crippen LogP contribution is -2.02. The predicted octanol–water partition coefficient (Wildman–Crippen LogP) is 2.15. The number of hydrogen-bond donors (Lipinski definition) is 3. The third-order valence-electron chi connectivity index (χ3n) is 2.79. The van der Waals surface area contributed by atoms with Gasteiger partial charge in [-0.05, 0) is 24.6 Å². The van der Waals surface area contributed by atoms with Crippen molar-refractivity contribution >= 4 is 17.3 Å². The Morgan fingerprint density at radius 1 is 1.42 bits per heavy atom. The lowest BCUT2D eigenvalue weighted by atomic mass is 10.1. The van der Waals surface area contributed by atoms with Gasteiger partial charge < -0.3 is 15.5 Å². The van der Waals surface area contributed by atoms with E-state index in [1.165, 1.54) is 0 Å². The van der Waals surface area contributed by atoms with Crippen molar-refractivity contribution in [1.29, 1.82) is 0 Å². The minimum atomic E-state index is 0.0510. The summed E-state index contributed by atoms with van der Waals surface area (Å²) in [6, 6.07) is 3.45. The molecule has 0 amide bonds. The zero-order valence-electron chi connectivity index (χ0n) is 10.6. The second kappa shape index (κ2) is 5.95. The Balaban J connectivity index is 2.05. The van der Waals surface area contributed by atoms with Crippen molar-refractivity contribution in [2.24, 2.45) is 0 Å². The number of phenols is 1. The van der Waals surface area contributed by atoms with Crippen molar-refractivity contribution in [2.75, 3.05) is 11.9 Å². The number of aliphatic hydroxyl groups excluding tert-OH is 1. The van der Waals surface area contributed by atoms with Crippen LogP contribution in [0.4, 0.5) is 5.69 Å². The van der Waals surface area contributed by atoms with E-state index in [0.717, 1.165) is 16.8 Å². The van der Waals surface area contributed by atoms with E-state index in [4.69, 9.17) is 16.7 Å². The zero-order chi connectivity index (χ0) is 13.8. The van der Waals surface area contributed by atoms with Crippen LogP contribution in [0.25, 0.3) is 0 Å². The first kappa shape index (κ1) is 13.7. The number of benzene rings is 1. The smallest absolute Gasteiger partial charge is 0.123 e. The maximum atomic E-state index is 9.94. The van der Waals surface area contributed by atoms with Crippen LogP contribution in [-0.2, 0) is 13.1 Å². The fourth-order valence-corrected chi connectivity index (χ4v) is 2.11. The molecule has 0 saturated carbocycles. The summed E-state index contributed by atoms with van der Waals surface area (Å²) in [5.41, 5.74) is 2.31. The molecular formula is C13H16ClN3O2. The molecule has 102 valence electrons. The second-order valence-corrected chi connectivity index (χ2v) is 4.74. The van der Waals surface area contributed by atoms with Crippen LogP contribution in [0.2, 0.25) is 5.02 Å². The first-order valence-electron chi connectivity index (χ1n) is 5.95. The van der Waals surface area contributed by atoms with Crippen molar-refractivity contribution in [2.45, 2.75) is 20.0 Å². The molecule has 1 heterocycles. The molecule has 5 nitrogen and oxygen atoms in total. The summed E-state index contributed by atoms with van der Waals surface area (Å²) < 4.78 is 1.64. The number of anilines is 1. The number of nitrogens with one attached hydrogen (secondary N) is 1. The van der Waals surface area contributed by atoms with Crippen LogP contribution in [0.3, 0.4) is 0 Å². The highest BCUT2D eigenvalue weighted by Crippen LogP contribution is 2.27. The van der Waals surface area contributed by atoms with E-state index in [1.54, 1.807) is 29.2 Å². The molecule has 0 radical (unpaired) electrons. The predicted molar refractivity (Wildman–Crippen MR) is 74.5 cm³/mol. The monoisotopic (exact) mass is 281 g/mol. The number of aromatic hydroxyl groups is 1. The van der Waals surface area contributed by atoms with Gasteiger partial charge in [-0.15, -0.1) is 0 Å². The van der Waals surface area contributed by atoms with Crippen LogP contribution in [0, 0.1) is 6.92 Å². The standard InChI is InChI=1S/C13H16ClN3O2/c1-9-4-11(14)5-10(13(9)19)6-15-12-7-16-17(8-12)2-3-18/h4-5,7-8,15,18-19H,2-3,6H2,1H3. The van der Waals surface area contributed by atoms with Gasteiger partial charge in [-0.1, -0.05) is 11.6 Å². The highest BCUT2D eigenvalue weighted by atomic mass is 35.5. The number of nitrogens with zero attached hydrogens (tertiary/aromatic N) is 2. The fraction of sp³-hybridized carbons (Fsp3) is 0.308. The lowest BCUT2D eigenvalue weighted by Gasteiger charge is -2.09. The fourth-order valence-electron chi connectivity index (χ4n) is 1.82. The van der Waals surface area contributed by atoms with Crippen LogP contribution < -0.4 is 5.32 Å². The number of rotatable bonds is 5. The summed E-state index contributed by atoms with van der Waals surface area (Å²) in [5, 5.41) is 26.6. The van der Waals surface area contributed by atoms with Crippen molar-refractivity contribution in [3.05, 3.63) is 40.7 Å². The van der Waals surface area contributed by atoms with Gasteiger partial charge in [-0.3, -0.25) is 4.68 Å². The van der Waals surface area contributed by atoms with Crippen LogP contribution in [0.5, 0.6) is 5.75 Å². The topological polar surface area (TPSA) is 70.3 Å². The van der Waals surface area contributed by atoms with Crippen molar-refractivity contribution in [1.82, 2.24) is 9.78 Å². The summed E-state index contributed by atoms with van der Waals surface area (Å²) in [5.74, 6) is 0.250. The Kier molecular flexibility index (Phi) is 4.29. The summed E-state index contributed by atoms with van der Waals surface area (Å²) in [7, 11) is 0. The maximum absolute atomic E-state index is 9.94. The Morgan fingerprint density at radius 2 is 2.21 bits per heavy atom. The van der Waals surface area contributed by atoms with E-state index in [1.807, 2.05) is 6.92 Å². The van der Waals surface area contributed by atoms with Gasteiger partial charge in [-0.2, -0.15) is 5.10 Å². The average molecular weight is 282 g/mol. The van der Waals surface area contributed by atoms with E-state index in [2.05, 4.69) is 10.4 Å². The molecule has 0 unspecified atom stereocenters. The summed E-state index contributed by atoms with van der Waals surface area (Å²) in [6.07, 6.45) is 3.47. The van der Waals surface area contributed by atoms with E-state index in [9.17, 15) is 5.11 Å². The third-order valence-corrected chi connectivity index (χ3v) is 3.01. The van der Waals surface area contributed by atoms with Gasteiger partial charge >= 0.3 is 0 Å². The molecule has 19 heavy (non-hydrogen) atoms. The number of aryl methyl sites for hydroxylation is 1. The Hall–Kier alpha value is -1.72. The molecule has 0 atom stereocenters. The second-order valence-electron chi connectivity index (χ2n) is 4.30. The molecule has 0 saturated heterocycles. The molecule has 3 N–H and O–H groups in total. The van der Waals surface area contributed by atoms with Gasteiger partial charge in [0.05, 0.1) is 25.0 Å². The highest BCUT2D eigenvalue weighted by Gasteiger charge is 2.07. The van der Waals surface area contributed by atoms with E-state index in [-0.39, 0.29) is 12.4 Å². The third kappa shape index (κ3) is 3.39. The van der Waals surface area contributed by atoms with Crippen molar-refractivity contribution in [3.8, 4) is 5.75 Å². The molecule has 0 spiro atoms. The molecule has 0 aliphatic carbocycles. The van der Waals surface area contributed by atoms with Crippen LogP contribution in [0.15, 0.2) is 24.5 Å². The quantitative estimate of drug-likeness (QED) is 0.785. The van der Waals surface area contributed by atoms with E-state index >= 15 is 0 Å². The van der Waals surface area contributed by atoms with E-state index in [0.29, 0.717) is 18.1 Å². The summed E-state index contributed by atoms with van der Waals surface area (Å²) in [6.45, 7) is 2.78. The van der Waals surface area contributed by atoms with Crippen LogP contribution in [0.1, 0.15) is 11.1 Å². The molecule has 0 aliphatic heterocycles. The molecular weight excluding hydrogens is 266 g/mol. The Labute approximate surface area is 116 Å². The average Bonchev–Trinajstić information content (AvgIpc) is 2.80. The number of halogens is 1. The first-order chi connectivity index (χ1) is 9.10. The normalized spacial score (nSPS) is 10.7. The van der Waals surface area contributed by atoms with Crippen LogP contribution in [-0.4, -0.2) is 26.6 Å². The number of phenolic OH excluding ortho intramolecular Hbond substituents is 1. The molecule has 2 aromatic rings. The van der Waals surface area contributed by atoms with Gasteiger partial charge in [0, 0.05) is 23.3 Å². The maximum Gasteiger partial charge on any atom is 0.123 e. The molecule has 6 heteroatoms. The van der Waals surface area contributed by atoms with Crippen molar-refractivity contribution < 1.29 is 10.2 Å². The lowest BCUT2D eigenvalue weighted by molar-refractivity contribution is 0.269. The molecule has 0 aliphatic rings. The van der Waals surface area contributed by atoms with Gasteiger partial charge in [-0.25, -0.2) is 0 Å². The summed E-state index contributed by atoms with van der Waals surface area (Å²) >= 11 is 5.97. The highest BCUT2D eigenvalue weighted by molar-refractivity contribution is 6.30. The molecule has 0 bridgehead atoms. The first-order valence-corrected chi connectivity index (χ1v) is 6.33. The molecule has 1 aromatic heterocycles.